The molecule has 0 bridgehead atoms. The molecule has 1 aliphatic rings. The number of aliphatic carboxylic acids is 1. The molecule has 5 heteroatoms. The maximum atomic E-state index is 11.8. The Hall–Kier alpha value is -3.34. The van der Waals surface area contributed by atoms with E-state index in [-0.39, 0.29) is 6.04 Å². The largest absolute Gasteiger partial charge is 0.489 e. The Kier molecular flexibility index (Phi) is 4.51. The number of aromatic nitrogens is 1. The van der Waals surface area contributed by atoms with E-state index in [1.165, 1.54) is 0 Å². The van der Waals surface area contributed by atoms with Gasteiger partial charge in [-0.25, -0.2) is 0 Å². The quantitative estimate of drug-likeness (QED) is 0.702. The smallest absolute Gasteiger partial charge is 0.313 e. The molecule has 4 rings (SSSR count). The molecule has 0 radical (unpaired) electrons. The molecule has 1 atom stereocenters. The minimum atomic E-state index is -1.00. The van der Waals surface area contributed by atoms with E-state index >= 15 is 0 Å². The van der Waals surface area contributed by atoms with Crippen molar-refractivity contribution in [2.45, 2.75) is 31.9 Å². The van der Waals surface area contributed by atoms with E-state index in [2.05, 4.69) is 22.4 Å². The lowest BCUT2D eigenvalue weighted by Gasteiger charge is -2.25. The molecule has 0 saturated heterocycles. The summed E-state index contributed by atoms with van der Waals surface area (Å²) in [5.41, 5.74) is 3.74. The van der Waals surface area contributed by atoms with E-state index in [9.17, 15) is 9.90 Å². The highest BCUT2D eigenvalue weighted by Crippen LogP contribution is 2.40. The lowest BCUT2D eigenvalue weighted by Crippen LogP contribution is -2.28. The Morgan fingerprint density at radius 2 is 1.96 bits per heavy atom. The topological polar surface area (TPSA) is 71.5 Å². The van der Waals surface area contributed by atoms with Gasteiger partial charge in [0.1, 0.15) is 12.4 Å². The maximum Gasteiger partial charge on any atom is 0.313 e. The number of carboxylic acids is 1. The van der Waals surface area contributed by atoms with Gasteiger partial charge in [0.25, 0.3) is 0 Å². The van der Waals surface area contributed by atoms with Crippen LogP contribution in [-0.2, 0) is 16.8 Å². The number of benzene rings is 2. The van der Waals surface area contributed by atoms with Crippen molar-refractivity contribution in [3.63, 3.8) is 0 Å². The Balaban J connectivity index is 1.87. The van der Waals surface area contributed by atoms with E-state index in [1.54, 1.807) is 26.2 Å². The van der Waals surface area contributed by atoms with Gasteiger partial charge in [0.15, 0.2) is 0 Å². The molecular weight excluding hydrogens is 352 g/mol. The number of carboxylic acid groups (broad SMARTS) is 1. The summed E-state index contributed by atoms with van der Waals surface area (Å²) in [7, 11) is 0. The zero-order chi connectivity index (χ0) is 19.7. The van der Waals surface area contributed by atoms with Crippen LogP contribution in [0.25, 0.3) is 0 Å². The highest BCUT2D eigenvalue weighted by Gasteiger charge is 2.32. The average molecular weight is 374 g/mol. The molecule has 2 N–H and O–H groups in total. The number of pyridine rings is 1. The van der Waals surface area contributed by atoms with Gasteiger partial charge in [-0.1, -0.05) is 30.3 Å². The Morgan fingerprint density at radius 3 is 2.71 bits per heavy atom. The molecule has 0 amide bonds. The van der Waals surface area contributed by atoms with Gasteiger partial charge in [-0.05, 0) is 54.8 Å². The van der Waals surface area contributed by atoms with Crippen LogP contribution in [0.2, 0.25) is 0 Å². The van der Waals surface area contributed by atoms with E-state index in [4.69, 9.17) is 4.74 Å². The molecule has 5 nitrogen and oxygen atoms in total. The second kappa shape index (κ2) is 7.00. The molecule has 3 aromatic rings. The van der Waals surface area contributed by atoms with E-state index in [0.29, 0.717) is 6.61 Å². The van der Waals surface area contributed by atoms with Crippen LogP contribution >= 0.6 is 0 Å². The number of nitrogens with zero attached hydrogens (tertiary/aromatic N) is 1. The van der Waals surface area contributed by atoms with Crippen molar-refractivity contribution in [3.8, 4) is 5.75 Å². The van der Waals surface area contributed by atoms with E-state index in [0.717, 1.165) is 33.7 Å². The third-order valence-corrected chi connectivity index (χ3v) is 5.30. The first-order valence-corrected chi connectivity index (χ1v) is 9.22. The fourth-order valence-corrected chi connectivity index (χ4v) is 3.46. The molecule has 1 aliphatic heterocycles. The van der Waals surface area contributed by atoms with Gasteiger partial charge < -0.3 is 15.2 Å². The van der Waals surface area contributed by atoms with Crippen molar-refractivity contribution in [1.29, 1.82) is 0 Å². The monoisotopic (exact) mass is 374 g/mol. The standard InChI is InChI=1S/C23H22N2O3/c1-23(2,22(26)27)16-9-10-20-19(12-16)21(25-17-7-5-11-24-13-17)18-8-4-3-6-15(18)14-28-20/h3-13,21,25H,14H2,1-2H3,(H,26,27). The SMILES string of the molecule is CC(C)(C(=O)O)c1ccc2c(c1)C(Nc1cccnc1)c1ccccc1CO2. The van der Waals surface area contributed by atoms with Crippen LogP contribution in [0, 0.1) is 0 Å². The summed E-state index contributed by atoms with van der Waals surface area (Å²) in [6.45, 7) is 3.90. The van der Waals surface area contributed by atoms with Crippen LogP contribution in [0.15, 0.2) is 67.0 Å². The van der Waals surface area contributed by atoms with Gasteiger partial charge in [0, 0.05) is 18.0 Å². The lowest BCUT2D eigenvalue weighted by molar-refractivity contribution is -0.142. The van der Waals surface area contributed by atoms with Crippen LogP contribution in [0.4, 0.5) is 5.69 Å². The summed E-state index contributed by atoms with van der Waals surface area (Å²) in [5.74, 6) is -0.110. The lowest BCUT2D eigenvalue weighted by atomic mass is 9.82. The maximum absolute atomic E-state index is 11.8. The molecule has 0 aliphatic carbocycles. The number of nitrogens with one attached hydrogen (secondary N) is 1. The van der Waals surface area contributed by atoms with Gasteiger partial charge in [0.2, 0.25) is 0 Å². The van der Waals surface area contributed by atoms with Crippen molar-refractivity contribution in [1.82, 2.24) is 4.98 Å². The van der Waals surface area contributed by atoms with Gasteiger partial charge in [0.05, 0.1) is 17.1 Å². The fourth-order valence-electron chi connectivity index (χ4n) is 3.46. The first-order valence-electron chi connectivity index (χ1n) is 9.22. The minimum Gasteiger partial charge on any atom is -0.489 e. The molecule has 0 spiro atoms. The molecule has 142 valence electrons. The molecule has 1 aromatic heterocycles. The predicted octanol–water partition coefficient (Wildman–Crippen LogP) is 4.54. The summed E-state index contributed by atoms with van der Waals surface area (Å²) in [5, 5.41) is 13.2. The van der Waals surface area contributed by atoms with Crippen LogP contribution in [-0.4, -0.2) is 16.1 Å². The summed E-state index contributed by atoms with van der Waals surface area (Å²) in [6.07, 6.45) is 3.51. The van der Waals surface area contributed by atoms with Crippen molar-refractivity contribution in [2.75, 3.05) is 5.32 Å². The van der Waals surface area contributed by atoms with Crippen LogP contribution in [0.5, 0.6) is 5.75 Å². The number of fused-ring (bicyclic) bond motifs is 2. The second-order valence-electron chi connectivity index (χ2n) is 7.49. The van der Waals surface area contributed by atoms with E-state index in [1.807, 2.05) is 42.5 Å². The number of hydrogen-bond acceptors (Lipinski definition) is 4. The van der Waals surface area contributed by atoms with Gasteiger partial charge in [-0.3, -0.25) is 9.78 Å². The summed E-state index contributed by atoms with van der Waals surface area (Å²) in [4.78, 5) is 16.0. The molecule has 28 heavy (non-hydrogen) atoms. The van der Waals surface area contributed by atoms with Gasteiger partial charge in [-0.15, -0.1) is 0 Å². The van der Waals surface area contributed by atoms with Crippen molar-refractivity contribution in [3.05, 3.63) is 89.2 Å². The number of carbonyl (C=O) groups is 1. The second-order valence-corrected chi connectivity index (χ2v) is 7.49. The van der Waals surface area contributed by atoms with Crippen LogP contribution < -0.4 is 10.1 Å². The van der Waals surface area contributed by atoms with Crippen molar-refractivity contribution in [2.24, 2.45) is 0 Å². The number of ether oxygens (including phenoxy) is 1. The molecule has 2 aromatic carbocycles. The highest BCUT2D eigenvalue weighted by molar-refractivity contribution is 5.80. The van der Waals surface area contributed by atoms with Crippen molar-refractivity contribution < 1.29 is 14.6 Å². The Bertz CT molecular complexity index is 1020. The Morgan fingerprint density at radius 1 is 1.14 bits per heavy atom. The minimum absolute atomic E-state index is 0.178. The number of rotatable bonds is 4. The predicted molar refractivity (Wildman–Crippen MR) is 108 cm³/mol. The molecule has 1 unspecified atom stereocenters. The summed E-state index contributed by atoms with van der Waals surface area (Å²) in [6, 6.07) is 17.5. The van der Waals surface area contributed by atoms with Crippen LogP contribution in [0.3, 0.4) is 0 Å². The first-order chi connectivity index (χ1) is 13.5. The van der Waals surface area contributed by atoms with Gasteiger partial charge >= 0.3 is 5.97 Å². The normalized spacial score (nSPS) is 15.6. The third-order valence-electron chi connectivity index (χ3n) is 5.30. The first kappa shape index (κ1) is 18.0. The third kappa shape index (κ3) is 3.20. The Labute approximate surface area is 164 Å². The molecule has 0 saturated carbocycles. The summed E-state index contributed by atoms with van der Waals surface area (Å²) >= 11 is 0. The summed E-state index contributed by atoms with van der Waals surface area (Å²) < 4.78 is 6.07. The molecule has 0 fully saturated rings. The zero-order valence-corrected chi connectivity index (χ0v) is 15.8. The fraction of sp³-hybridized carbons (Fsp3) is 0.217. The van der Waals surface area contributed by atoms with Crippen LogP contribution in [0.1, 0.15) is 42.1 Å². The average Bonchev–Trinajstić information content (AvgIpc) is 2.86. The van der Waals surface area contributed by atoms with Crippen molar-refractivity contribution >= 4 is 11.7 Å². The molecule has 2 heterocycles. The van der Waals surface area contributed by atoms with E-state index < -0.39 is 11.4 Å². The van der Waals surface area contributed by atoms with Gasteiger partial charge in [-0.2, -0.15) is 0 Å². The number of hydrogen-bond donors (Lipinski definition) is 2. The molecular formula is C23H22N2O3. The zero-order valence-electron chi connectivity index (χ0n) is 15.8. The highest BCUT2D eigenvalue weighted by atomic mass is 16.5. The number of anilines is 1.